The van der Waals surface area contributed by atoms with E-state index in [2.05, 4.69) is 34.6 Å². The summed E-state index contributed by atoms with van der Waals surface area (Å²) in [5.74, 6) is 1.66. The van der Waals surface area contributed by atoms with Crippen LogP contribution in [-0.2, 0) is 52.3 Å². The van der Waals surface area contributed by atoms with Gasteiger partial charge in [0.15, 0.2) is 0 Å². The molecule has 17 heteroatoms. The van der Waals surface area contributed by atoms with Gasteiger partial charge in [-0.25, -0.2) is 0 Å². The monoisotopic (exact) mass is 1160 g/mol. The molecule has 3 saturated heterocycles. The van der Waals surface area contributed by atoms with Crippen LogP contribution in [0.5, 0.6) is 0 Å². The number of aliphatic hydroxyl groups is 6. The van der Waals surface area contributed by atoms with E-state index in [1.54, 1.807) is 0 Å². The smallest absolute Gasteiger partial charge is 0.303 e. The van der Waals surface area contributed by atoms with Crippen molar-refractivity contribution in [2.45, 2.75) is 263 Å². The molecule has 12 aliphatic rings. The zero-order chi connectivity index (χ0) is 58.9. The normalized spacial score (nSPS) is 51.3. The standard InChI is InChI=1S/C25H40O6.C20H32O6.C20H32O5/c1-16(27)31-21-15-30-23-22-19(8-10-25(21,23)3)24(2)9-7-18(13-17(24)14-20(22)28)29-12-6-4-5-11-26;1-11(22)26-16-9-25-18-17-14(4-6-20(16,18)10-21)19(2)5-3-13(23)7-12(19)8-15(17)24;1-11(21)25-16-10-24-18-17-14(5-7-20(16,18)3)19(2)6-4-13(22)8-12(19)9-15(17)23/h11,17-23,28H,4-10,12-15H2,1-3H3;12-18,21,23-24H,3-10H2,1-2H3;12-18,22-23H,4-10H2,1-3H3/t17?,18-,19?,20-,21-,22?,23?,24-,25+;12?,13-,14?,15-,16-,17?,18?,19-,20-;12?,13-,14?,15-,16-,17?,18?,19-,20+/m000/s1. The molecule has 6 N–H and O–H groups in total. The van der Waals surface area contributed by atoms with E-state index >= 15 is 0 Å². The third kappa shape index (κ3) is 11.1. The van der Waals surface area contributed by atoms with Gasteiger partial charge < -0.3 is 68.6 Å². The molecule has 9 aliphatic carbocycles. The van der Waals surface area contributed by atoms with Gasteiger partial charge in [-0.05, 0) is 180 Å². The van der Waals surface area contributed by atoms with Crippen LogP contribution in [0.25, 0.3) is 0 Å². The lowest BCUT2D eigenvalue weighted by Gasteiger charge is -2.61. The van der Waals surface area contributed by atoms with Crippen LogP contribution >= 0.6 is 0 Å². The van der Waals surface area contributed by atoms with Crippen molar-refractivity contribution in [2.75, 3.05) is 33.0 Å². The molecule has 17 nitrogen and oxygen atoms in total. The summed E-state index contributed by atoms with van der Waals surface area (Å²) < 4.78 is 41.4. The lowest BCUT2D eigenvalue weighted by molar-refractivity contribution is -0.202. The van der Waals surface area contributed by atoms with Crippen LogP contribution in [-0.4, -0.2) is 161 Å². The molecule has 12 unspecified atom stereocenters. The number of hydrogen-bond donors (Lipinski definition) is 6. The number of ether oxygens (including phenoxy) is 7. The van der Waals surface area contributed by atoms with E-state index in [1.165, 1.54) is 20.8 Å². The molecule has 3 heterocycles. The summed E-state index contributed by atoms with van der Waals surface area (Å²) in [5, 5.41) is 63.8. The van der Waals surface area contributed by atoms with E-state index in [0.717, 1.165) is 135 Å². The van der Waals surface area contributed by atoms with Gasteiger partial charge in [-0.15, -0.1) is 0 Å². The predicted octanol–water partition coefficient (Wildman–Crippen LogP) is 7.21. The number of carbonyl (C=O) groups excluding carboxylic acids is 4. The Labute approximate surface area is 487 Å². The highest BCUT2D eigenvalue weighted by molar-refractivity contribution is 5.67. The topological polar surface area (TPSA) is 254 Å². The van der Waals surface area contributed by atoms with E-state index in [-0.39, 0.29) is 124 Å². The summed E-state index contributed by atoms with van der Waals surface area (Å²) in [5.41, 5.74) is -0.554. The van der Waals surface area contributed by atoms with Crippen LogP contribution < -0.4 is 0 Å². The SMILES string of the molecule is CC(=O)O[C@H]1COC2C3C(CC[C@@]21C)[C@@]1(C)CC[C@H](O)CC1C[C@@H]3O.CC(=O)O[C@H]1COC2C3C(CC[C@@]21C)[C@@]1(C)CC[C@H](OCCCCC=O)CC1C[C@@H]3O.CC(=O)O[C@H]1COC2C3C(CC[C@@]21CO)[C@@]1(C)CC[C@H](O)CC1C[C@@H]3O. The third-order valence-corrected chi connectivity index (χ3v) is 25.8. The molecule has 0 aromatic carbocycles. The fourth-order valence-electron chi connectivity index (χ4n) is 21.2. The molecule has 0 radical (unpaired) electrons. The van der Waals surface area contributed by atoms with Gasteiger partial charge in [0.1, 0.15) is 24.6 Å². The number of fused-ring (bicyclic) bond motifs is 15. The molecule has 12 fully saturated rings. The molecule has 82 heavy (non-hydrogen) atoms. The Morgan fingerprint density at radius 3 is 1.33 bits per heavy atom. The molecular weight excluding hydrogens is 1050 g/mol. The Bertz CT molecular complexity index is 2270. The van der Waals surface area contributed by atoms with Gasteiger partial charge >= 0.3 is 17.9 Å². The molecule has 9 saturated carbocycles. The van der Waals surface area contributed by atoms with E-state index < -0.39 is 23.7 Å². The summed E-state index contributed by atoms with van der Waals surface area (Å²) >= 11 is 0. The van der Waals surface area contributed by atoms with Crippen LogP contribution in [0.2, 0.25) is 0 Å². The molecule has 0 aromatic heterocycles. The van der Waals surface area contributed by atoms with Gasteiger partial charge in [0, 0.05) is 62.4 Å². The second-order valence-electron chi connectivity index (χ2n) is 29.9. The lowest BCUT2D eigenvalue weighted by Crippen LogP contribution is -2.62. The number of carbonyl (C=O) groups is 4. The Hall–Kier alpha value is -2.32. The Balaban J connectivity index is 0.000000139. The second-order valence-corrected chi connectivity index (χ2v) is 29.9. The summed E-state index contributed by atoms with van der Waals surface area (Å²) in [4.78, 5) is 45.1. The Morgan fingerprint density at radius 2 is 0.878 bits per heavy atom. The number of aldehydes is 1. The van der Waals surface area contributed by atoms with E-state index in [4.69, 9.17) is 33.2 Å². The quantitative estimate of drug-likeness (QED) is 0.0547. The van der Waals surface area contributed by atoms with Crippen LogP contribution in [0, 0.1) is 85.8 Å². The van der Waals surface area contributed by atoms with Crippen LogP contribution in [0.1, 0.15) is 190 Å². The van der Waals surface area contributed by atoms with E-state index in [0.29, 0.717) is 68.2 Å². The van der Waals surface area contributed by atoms with Gasteiger partial charge in [-0.2, -0.15) is 0 Å². The van der Waals surface area contributed by atoms with Crippen molar-refractivity contribution < 1.29 is 83.0 Å². The molecule has 466 valence electrons. The number of hydrogen-bond acceptors (Lipinski definition) is 17. The van der Waals surface area contributed by atoms with Crippen molar-refractivity contribution in [1.29, 1.82) is 0 Å². The summed E-state index contributed by atoms with van der Waals surface area (Å²) in [6, 6.07) is 0. The van der Waals surface area contributed by atoms with Crippen LogP contribution in [0.15, 0.2) is 0 Å². The Kier molecular flexibility index (Phi) is 18.6. The minimum absolute atomic E-state index is 0.0461. The minimum Gasteiger partial charge on any atom is -0.459 e. The zero-order valence-electron chi connectivity index (χ0n) is 50.8. The predicted molar refractivity (Wildman–Crippen MR) is 300 cm³/mol. The maximum absolute atomic E-state index is 11.6. The molecule has 0 amide bonds. The van der Waals surface area contributed by atoms with Gasteiger partial charge in [0.05, 0.1) is 86.8 Å². The molecule has 3 aliphatic heterocycles. The minimum atomic E-state index is -0.606. The highest BCUT2D eigenvalue weighted by atomic mass is 16.6. The molecule has 0 bridgehead atoms. The zero-order valence-corrected chi connectivity index (χ0v) is 50.8. The fraction of sp³-hybridized carbons (Fsp3) is 0.938. The van der Waals surface area contributed by atoms with Crippen molar-refractivity contribution >= 4 is 24.2 Å². The largest absolute Gasteiger partial charge is 0.459 e. The maximum Gasteiger partial charge on any atom is 0.303 e. The third-order valence-electron chi connectivity index (χ3n) is 25.8. The first kappa shape index (κ1) is 62.7. The summed E-state index contributed by atoms with van der Waals surface area (Å²) in [7, 11) is 0. The number of aliphatic hydroxyl groups excluding tert-OH is 6. The first-order valence-corrected chi connectivity index (χ1v) is 32.3. The molecular formula is C65H104O17. The second kappa shape index (κ2) is 24.3. The lowest BCUT2D eigenvalue weighted by atomic mass is 9.45. The highest BCUT2D eigenvalue weighted by Gasteiger charge is 2.68. The average molecular weight is 1160 g/mol. The van der Waals surface area contributed by atoms with E-state index in [1.807, 2.05) is 0 Å². The molecule has 0 aromatic rings. The van der Waals surface area contributed by atoms with Gasteiger partial charge in [-0.1, -0.05) is 34.6 Å². The first-order chi connectivity index (χ1) is 38.9. The molecule has 12 rings (SSSR count). The van der Waals surface area contributed by atoms with Gasteiger partial charge in [0.25, 0.3) is 0 Å². The summed E-state index contributed by atoms with van der Waals surface area (Å²) in [6.07, 6.45) is 17.1. The maximum atomic E-state index is 11.6. The fourth-order valence-corrected chi connectivity index (χ4v) is 21.2. The molecule has 0 spiro atoms. The highest BCUT2D eigenvalue weighted by Crippen LogP contribution is 2.67. The van der Waals surface area contributed by atoms with Gasteiger partial charge in [0.2, 0.25) is 0 Å². The van der Waals surface area contributed by atoms with Crippen molar-refractivity contribution in [1.82, 2.24) is 0 Å². The summed E-state index contributed by atoms with van der Waals surface area (Å²) in [6.45, 7) is 17.6. The number of esters is 3. The number of rotatable bonds is 10. The average Bonchev–Trinajstić information content (AvgIpc) is 1.58. The van der Waals surface area contributed by atoms with Crippen molar-refractivity contribution in [3.8, 4) is 0 Å². The van der Waals surface area contributed by atoms with Gasteiger partial charge in [-0.3, -0.25) is 14.4 Å². The number of unbranched alkanes of at least 4 members (excludes halogenated alkanes) is 2. The van der Waals surface area contributed by atoms with Crippen LogP contribution in [0.3, 0.4) is 0 Å². The van der Waals surface area contributed by atoms with Crippen molar-refractivity contribution in [3.05, 3.63) is 0 Å². The Morgan fingerprint density at radius 1 is 0.488 bits per heavy atom. The van der Waals surface area contributed by atoms with Crippen molar-refractivity contribution in [3.63, 3.8) is 0 Å². The first-order valence-electron chi connectivity index (χ1n) is 32.3. The van der Waals surface area contributed by atoms with Crippen LogP contribution in [0.4, 0.5) is 0 Å². The van der Waals surface area contributed by atoms with Crippen molar-refractivity contribution in [2.24, 2.45) is 85.8 Å². The molecule has 27 atom stereocenters. The van der Waals surface area contributed by atoms with E-state index in [9.17, 15) is 49.8 Å².